The standard InChI is InChI=1S/C28H24S4/c1-19(31-25-15-7-3-11-21(25)29-22-12-4-8-16-26(22)31)20(2)32-27-17-9-5-13-23(27)30-24-14-6-10-18-28(24)32/h3-20H,1-2H3/q+2/t19-,20-/m1/s1. The molecule has 2 aliphatic heterocycles. The molecule has 0 fully saturated rings. The topological polar surface area (TPSA) is 0 Å². The Kier molecular flexibility index (Phi) is 5.58. The summed E-state index contributed by atoms with van der Waals surface area (Å²) >= 11 is 3.87. The van der Waals surface area contributed by atoms with Crippen LogP contribution >= 0.6 is 23.5 Å². The highest BCUT2D eigenvalue weighted by molar-refractivity contribution is 8.06. The third-order valence-electron chi connectivity index (χ3n) is 6.19. The van der Waals surface area contributed by atoms with E-state index in [4.69, 9.17) is 0 Å². The van der Waals surface area contributed by atoms with E-state index in [1.807, 2.05) is 23.5 Å². The molecule has 0 saturated carbocycles. The minimum absolute atomic E-state index is 0.0547. The predicted molar refractivity (Wildman–Crippen MR) is 141 cm³/mol. The van der Waals surface area contributed by atoms with Gasteiger partial charge in [0.05, 0.1) is 41.4 Å². The van der Waals surface area contributed by atoms with Gasteiger partial charge in [-0.1, -0.05) is 72.1 Å². The molecule has 4 aromatic rings. The molecular formula is C28H24S4+2. The van der Waals surface area contributed by atoms with Crippen LogP contribution in [0.3, 0.4) is 0 Å². The van der Waals surface area contributed by atoms with E-state index in [9.17, 15) is 0 Å². The van der Waals surface area contributed by atoms with Gasteiger partial charge in [0.25, 0.3) is 0 Å². The average molecular weight is 489 g/mol. The second kappa shape index (κ2) is 8.57. The van der Waals surface area contributed by atoms with E-state index in [0.717, 1.165) is 0 Å². The number of benzene rings is 4. The van der Waals surface area contributed by atoms with E-state index in [0.29, 0.717) is 10.5 Å². The monoisotopic (exact) mass is 488 g/mol. The van der Waals surface area contributed by atoms with Gasteiger partial charge in [-0.15, -0.1) is 0 Å². The summed E-state index contributed by atoms with van der Waals surface area (Å²) in [4.78, 5) is 11.8. The first-order chi connectivity index (χ1) is 15.7. The molecule has 32 heavy (non-hydrogen) atoms. The van der Waals surface area contributed by atoms with Crippen molar-refractivity contribution >= 4 is 45.3 Å². The molecule has 0 unspecified atom stereocenters. The molecule has 0 spiro atoms. The average Bonchev–Trinajstić information content (AvgIpc) is 2.85. The molecule has 0 saturated heterocycles. The minimum atomic E-state index is 0.0547. The summed E-state index contributed by atoms with van der Waals surface area (Å²) in [7, 11) is 0.109. The number of fused-ring (bicyclic) bond motifs is 4. The van der Waals surface area contributed by atoms with Crippen molar-refractivity contribution < 1.29 is 0 Å². The van der Waals surface area contributed by atoms with Crippen LogP contribution in [0.2, 0.25) is 0 Å². The molecule has 0 aliphatic carbocycles. The van der Waals surface area contributed by atoms with Gasteiger partial charge >= 0.3 is 0 Å². The van der Waals surface area contributed by atoms with Crippen molar-refractivity contribution in [3.8, 4) is 0 Å². The molecule has 0 aromatic heterocycles. The van der Waals surface area contributed by atoms with Crippen LogP contribution < -0.4 is 0 Å². The highest BCUT2D eigenvalue weighted by Gasteiger charge is 2.51. The summed E-state index contributed by atoms with van der Waals surface area (Å²) in [6.07, 6.45) is 0. The molecule has 4 aromatic carbocycles. The lowest BCUT2D eigenvalue weighted by Crippen LogP contribution is -2.38. The number of rotatable bonds is 3. The number of hydrogen-bond acceptors (Lipinski definition) is 2. The van der Waals surface area contributed by atoms with Crippen molar-refractivity contribution in [3.05, 3.63) is 97.1 Å². The highest BCUT2D eigenvalue weighted by Crippen LogP contribution is 2.51. The largest absolute Gasteiger partial charge is 0.175 e. The Bertz CT molecular complexity index is 1110. The van der Waals surface area contributed by atoms with Crippen LogP contribution in [-0.4, -0.2) is 10.5 Å². The van der Waals surface area contributed by atoms with E-state index in [-0.39, 0.29) is 21.8 Å². The van der Waals surface area contributed by atoms with E-state index in [1.165, 1.54) is 39.2 Å². The maximum atomic E-state index is 2.50. The Labute approximate surface area is 204 Å². The smallest absolute Gasteiger partial charge is 0.0795 e. The zero-order chi connectivity index (χ0) is 21.7. The summed E-state index contributed by atoms with van der Waals surface area (Å²) in [5, 5.41) is 1.07. The van der Waals surface area contributed by atoms with Crippen molar-refractivity contribution in [1.29, 1.82) is 0 Å². The van der Waals surface area contributed by atoms with E-state index in [1.54, 1.807) is 0 Å². The summed E-state index contributed by atoms with van der Waals surface area (Å²) in [6, 6.07) is 36.3. The Balaban J connectivity index is 1.47. The van der Waals surface area contributed by atoms with Crippen LogP contribution in [0.15, 0.2) is 136 Å². The van der Waals surface area contributed by atoms with Gasteiger partial charge in [0.15, 0.2) is 30.1 Å². The van der Waals surface area contributed by atoms with Crippen molar-refractivity contribution in [1.82, 2.24) is 0 Å². The summed E-state index contributed by atoms with van der Waals surface area (Å²) < 4.78 is 0. The van der Waals surface area contributed by atoms with Gasteiger partial charge in [-0.25, -0.2) is 0 Å². The summed E-state index contributed by atoms with van der Waals surface area (Å²) in [6.45, 7) is 4.99. The van der Waals surface area contributed by atoms with Gasteiger partial charge < -0.3 is 0 Å². The van der Waals surface area contributed by atoms with Gasteiger partial charge in [0.2, 0.25) is 0 Å². The zero-order valence-corrected chi connectivity index (χ0v) is 21.3. The SMILES string of the molecule is C[C@H]([C@@H](C)[S+]1c2ccccc2Sc2ccccc21)[S+]1c2ccccc2Sc2ccccc21. The van der Waals surface area contributed by atoms with E-state index in [2.05, 4.69) is 111 Å². The first-order valence-corrected chi connectivity index (χ1v) is 15.1. The molecule has 2 atom stereocenters. The van der Waals surface area contributed by atoms with Crippen molar-refractivity contribution in [2.24, 2.45) is 0 Å². The van der Waals surface area contributed by atoms with Crippen LogP contribution in [0.5, 0.6) is 0 Å². The lowest BCUT2D eigenvalue weighted by atomic mass is 10.3. The van der Waals surface area contributed by atoms with E-state index < -0.39 is 0 Å². The third-order valence-corrected chi connectivity index (χ3v) is 14.8. The Morgan fingerprint density at radius 2 is 0.688 bits per heavy atom. The fourth-order valence-corrected chi connectivity index (χ4v) is 13.4. The fourth-order valence-electron chi connectivity index (χ4n) is 4.52. The van der Waals surface area contributed by atoms with Crippen molar-refractivity contribution in [3.63, 3.8) is 0 Å². The molecule has 0 radical (unpaired) electrons. The minimum Gasteiger partial charge on any atom is -0.0795 e. The van der Waals surface area contributed by atoms with Gasteiger partial charge in [0.1, 0.15) is 0 Å². The Morgan fingerprint density at radius 1 is 0.438 bits per heavy atom. The molecule has 2 aliphatic rings. The predicted octanol–water partition coefficient (Wildman–Crippen LogP) is 8.17. The Morgan fingerprint density at radius 3 is 0.969 bits per heavy atom. The van der Waals surface area contributed by atoms with Crippen molar-refractivity contribution in [2.45, 2.75) is 63.5 Å². The third kappa shape index (κ3) is 3.43. The van der Waals surface area contributed by atoms with E-state index >= 15 is 0 Å². The van der Waals surface area contributed by atoms with Crippen LogP contribution in [-0.2, 0) is 21.8 Å². The molecule has 158 valence electrons. The maximum absolute atomic E-state index is 2.50. The first kappa shape index (κ1) is 20.9. The second-order valence-electron chi connectivity index (χ2n) is 8.08. The highest BCUT2D eigenvalue weighted by atomic mass is 32.2. The van der Waals surface area contributed by atoms with Gasteiger partial charge in [-0.2, -0.15) is 0 Å². The van der Waals surface area contributed by atoms with Gasteiger partial charge in [-0.3, -0.25) is 0 Å². The molecule has 2 heterocycles. The lowest BCUT2D eigenvalue weighted by Gasteiger charge is -2.28. The fraction of sp³-hybridized carbons (Fsp3) is 0.143. The maximum Gasteiger partial charge on any atom is 0.175 e. The van der Waals surface area contributed by atoms with Crippen LogP contribution in [0.1, 0.15) is 13.8 Å². The van der Waals surface area contributed by atoms with Crippen LogP contribution in [0, 0.1) is 0 Å². The Hall–Kier alpha value is -1.72. The van der Waals surface area contributed by atoms with Crippen LogP contribution in [0.4, 0.5) is 0 Å². The first-order valence-electron chi connectivity index (χ1n) is 10.9. The lowest BCUT2D eigenvalue weighted by molar-refractivity contribution is 0.881. The quantitative estimate of drug-likeness (QED) is 0.267. The molecule has 0 nitrogen and oxygen atoms in total. The zero-order valence-electron chi connectivity index (χ0n) is 18.0. The summed E-state index contributed by atoms with van der Waals surface area (Å²) in [5.41, 5.74) is 0. The molecule has 0 amide bonds. The number of hydrogen-bond donors (Lipinski definition) is 0. The van der Waals surface area contributed by atoms with Crippen LogP contribution in [0.25, 0.3) is 0 Å². The summed E-state index contributed by atoms with van der Waals surface area (Å²) in [5.74, 6) is 0. The molecule has 0 N–H and O–H groups in total. The molecule has 4 heteroatoms. The normalized spacial score (nSPS) is 16.9. The molecular weight excluding hydrogens is 465 g/mol. The van der Waals surface area contributed by atoms with Crippen molar-refractivity contribution in [2.75, 3.05) is 0 Å². The molecule has 6 rings (SSSR count). The molecule has 0 bridgehead atoms. The second-order valence-corrected chi connectivity index (χ2v) is 14.8. The van der Waals surface area contributed by atoms with Gasteiger partial charge in [-0.05, 0) is 62.4 Å². The van der Waals surface area contributed by atoms with Gasteiger partial charge in [0, 0.05) is 0 Å².